The van der Waals surface area contributed by atoms with Gasteiger partial charge in [0.1, 0.15) is 0 Å². The first kappa shape index (κ1) is 13.3. The van der Waals surface area contributed by atoms with Crippen molar-refractivity contribution in [3.05, 3.63) is 50.4 Å². The van der Waals surface area contributed by atoms with Crippen molar-refractivity contribution >= 4 is 62.1 Å². The zero-order valence-electron chi connectivity index (χ0n) is 10.3. The monoisotopic (exact) mass is 395 g/mol. The summed E-state index contributed by atoms with van der Waals surface area (Å²) in [5.41, 5.74) is 8.57. The Hall–Kier alpha value is -1.67. The number of pyridine rings is 1. The third-order valence-corrected chi connectivity index (χ3v) is 4.67. The van der Waals surface area contributed by atoms with Gasteiger partial charge in [-0.2, -0.15) is 0 Å². The molecule has 0 aliphatic carbocycles. The minimum Gasteiger partial charge on any atom is -0.397 e. The van der Waals surface area contributed by atoms with Crippen LogP contribution in [0.4, 0.5) is 11.4 Å². The molecular weight excluding hydrogens is 385 g/mol. The van der Waals surface area contributed by atoms with Gasteiger partial charge in [-0.3, -0.25) is 9.78 Å². The summed E-state index contributed by atoms with van der Waals surface area (Å²) < 4.78 is 1.08. The van der Waals surface area contributed by atoms with E-state index >= 15 is 0 Å². The lowest BCUT2D eigenvalue weighted by Crippen LogP contribution is -2.11. The van der Waals surface area contributed by atoms with Crippen LogP contribution in [0.25, 0.3) is 10.9 Å². The van der Waals surface area contributed by atoms with Crippen molar-refractivity contribution < 1.29 is 4.79 Å². The molecule has 0 spiro atoms. The summed E-state index contributed by atoms with van der Waals surface area (Å²) in [6.45, 7) is 0. The normalized spacial score (nSPS) is 10.7. The molecule has 2 aromatic heterocycles. The number of nitrogens with one attached hydrogen (secondary N) is 1. The topological polar surface area (TPSA) is 68.0 Å². The van der Waals surface area contributed by atoms with E-state index in [4.69, 9.17) is 5.73 Å². The Bertz CT molecular complexity index is 800. The number of halogens is 1. The number of nitrogen functional groups attached to an aromatic ring is 1. The maximum atomic E-state index is 12.2. The van der Waals surface area contributed by atoms with Crippen LogP contribution in [0.5, 0.6) is 0 Å². The van der Waals surface area contributed by atoms with Gasteiger partial charge in [-0.25, -0.2) is 0 Å². The van der Waals surface area contributed by atoms with Crippen LogP contribution in [-0.2, 0) is 0 Å². The van der Waals surface area contributed by atoms with Crippen LogP contribution in [0.2, 0.25) is 0 Å². The highest BCUT2D eigenvalue weighted by atomic mass is 127. The number of nitrogens with two attached hydrogens (primary N) is 1. The van der Waals surface area contributed by atoms with Crippen LogP contribution >= 0.6 is 33.9 Å². The molecule has 0 fully saturated rings. The highest BCUT2D eigenvalue weighted by molar-refractivity contribution is 14.1. The molecule has 0 atom stereocenters. The summed E-state index contributed by atoms with van der Waals surface area (Å²) in [4.78, 5) is 16.4. The fraction of sp³-hybridized carbons (Fsp3) is 0. The maximum Gasteiger partial charge on any atom is 0.256 e. The Morgan fingerprint density at radius 2 is 2.20 bits per heavy atom. The van der Waals surface area contributed by atoms with Crippen LogP contribution in [0, 0.1) is 2.88 Å². The molecule has 6 heteroatoms. The van der Waals surface area contributed by atoms with Crippen LogP contribution < -0.4 is 11.1 Å². The van der Waals surface area contributed by atoms with E-state index < -0.39 is 0 Å². The van der Waals surface area contributed by atoms with E-state index in [0.29, 0.717) is 22.5 Å². The molecule has 3 rings (SSSR count). The molecule has 0 aliphatic heterocycles. The molecule has 0 saturated heterocycles. The van der Waals surface area contributed by atoms with Gasteiger partial charge < -0.3 is 11.1 Å². The summed E-state index contributed by atoms with van der Waals surface area (Å²) in [5.74, 6) is -0.126. The van der Waals surface area contributed by atoms with Crippen LogP contribution in [0.3, 0.4) is 0 Å². The highest BCUT2D eigenvalue weighted by Crippen LogP contribution is 2.27. The van der Waals surface area contributed by atoms with Gasteiger partial charge in [-0.15, -0.1) is 11.3 Å². The first-order chi connectivity index (χ1) is 9.65. The molecule has 1 aromatic carbocycles. The number of thiophene rings is 1. The molecule has 20 heavy (non-hydrogen) atoms. The molecule has 4 nitrogen and oxygen atoms in total. The first-order valence-corrected chi connectivity index (χ1v) is 7.79. The number of nitrogens with zero attached hydrogens (tertiary/aromatic N) is 1. The number of carbonyl (C=O) groups is 1. The fourth-order valence-corrected chi connectivity index (χ4v) is 3.25. The van der Waals surface area contributed by atoms with Gasteiger partial charge in [0.15, 0.2) is 0 Å². The van der Waals surface area contributed by atoms with Gasteiger partial charge in [-0.05, 0) is 52.9 Å². The molecule has 0 aliphatic rings. The third kappa shape index (κ3) is 2.48. The minimum absolute atomic E-state index is 0.126. The quantitative estimate of drug-likeness (QED) is 0.513. The van der Waals surface area contributed by atoms with Crippen molar-refractivity contribution in [1.29, 1.82) is 0 Å². The maximum absolute atomic E-state index is 12.2. The van der Waals surface area contributed by atoms with E-state index in [1.807, 2.05) is 23.6 Å². The predicted molar refractivity (Wildman–Crippen MR) is 91.1 cm³/mol. The summed E-state index contributed by atoms with van der Waals surface area (Å²) in [5, 5.41) is 5.59. The van der Waals surface area contributed by atoms with Crippen molar-refractivity contribution in [2.45, 2.75) is 0 Å². The van der Waals surface area contributed by atoms with Gasteiger partial charge in [0.05, 0.1) is 25.3 Å². The number of aromatic nitrogens is 1. The summed E-state index contributed by atoms with van der Waals surface area (Å²) >= 11 is 3.74. The van der Waals surface area contributed by atoms with Crippen LogP contribution in [0.15, 0.2) is 41.9 Å². The number of carbonyl (C=O) groups excluding carboxylic acids is 1. The van der Waals surface area contributed by atoms with E-state index in [9.17, 15) is 4.79 Å². The molecule has 0 radical (unpaired) electrons. The number of rotatable bonds is 2. The summed E-state index contributed by atoms with van der Waals surface area (Å²) in [6.07, 6.45) is 1.69. The van der Waals surface area contributed by atoms with E-state index in [0.717, 1.165) is 8.27 Å². The Balaban J connectivity index is 1.99. The molecule has 3 aromatic rings. The van der Waals surface area contributed by atoms with E-state index in [1.165, 1.54) is 0 Å². The first-order valence-electron chi connectivity index (χ1n) is 5.84. The molecule has 0 unspecified atom stereocenters. The molecule has 3 N–H and O–H groups in total. The number of hydrogen-bond donors (Lipinski definition) is 2. The smallest absolute Gasteiger partial charge is 0.256 e. The highest BCUT2D eigenvalue weighted by Gasteiger charge is 2.11. The second kappa shape index (κ2) is 5.37. The second-order valence-corrected chi connectivity index (χ2v) is 7.00. The van der Waals surface area contributed by atoms with Crippen LogP contribution in [-0.4, -0.2) is 10.9 Å². The minimum atomic E-state index is -0.126. The van der Waals surface area contributed by atoms with Gasteiger partial charge in [-0.1, -0.05) is 0 Å². The molecule has 1 amide bonds. The average molecular weight is 395 g/mol. The standard InChI is InChI=1S/C14H10IN3OS/c15-12-6-8(7-20-12)14(19)18-11-4-3-10(16)13-9(11)2-1-5-17-13/h1-7H,16H2,(H,18,19). The largest absolute Gasteiger partial charge is 0.397 e. The Morgan fingerprint density at radius 3 is 2.95 bits per heavy atom. The molecule has 100 valence electrons. The predicted octanol–water partition coefficient (Wildman–Crippen LogP) is 3.74. The second-order valence-electron chi connectivity index (χ2n) is 4.20. The Labute approximate surface area is 133 Å². The van der Waals surface area contributed by atoms with Gasteiger partial charge >= 0.3 is 0 Å². The Kier molecular flexibility index (Phi) is 3.58. The van der Waals surface area contributed by atoms with Crippen molar-refractivity contribution in [2.24, 2.45) is 0 Å². The average Bonchev–Trinajstić information content (AvgIpc) is 2.89. The van der Waals surface area contributed by atoms with Crippen molar-refractivity contribution in [3.63, 3.8) is 0 Å². The summed E-state index contributed by atoms with van der Waals surface area (Å²) in [6, 6.07) is 9.13. The lowest BCUT2D eigenvalue weighted by Gasteiger charge is -2.09. The lowest BCUT2D eigenvalue weighted by molar-refractivity contribution is 0.102. The molecule has 0 saturated carbocycles. The molecule has 2 heterocycles. The number of fused-ring (bicyclic) bond motifs is 1. The number of anilines is 2. The zero-order valence-corrected chi connectivity index (χ0v) is 13.2. The van der Waals surface area contributed by atoms with Crippen molar-refractivity contribution in [2.75, 3.05) is 11.1 Å². The number of hydrogen-bond acceptors (Lipinski definition) is 4. The van der Waals surface area contributed by atoms with Crippen molar-refractivity contribution in [3.8, 4) is 0 Å². The summed E-state index contributed by atoms with van der Waals surface area (Å²) in [7, 11) is 0. The van der Waals surface area contributed by atoms with Gasteiger partial charge in [0, 0.05) is 17.0 Å². The zero-order chi connectivity index (χ0) is 14.1. The van der Waals surface area contributed by atoms with Gasteiger partial charge in [0.25, 0.3) is 5.91 Å². The number of amides is 1. The third-order valence-electron chi connectivity index (χ3n) is 2.88. The van der Waals surface area contributed by atoms with Crippen LogP contribution in [0.1, 0.15) is 10.4 Å². The van der Waals surface area contributed by atoms with Gasteiger partial charge in [0.2, 0.25) is 0 Å². The number of benzene rings is 1. The van der Waals surface area contributed by atoms with Crippen molar-refractivity contribution in [1.82, 2.24) is 4.98 Å². The molecular formula is C14H10IN3OS. The van der Waals surface area contributed by atoms with E-state index in [-0.39, 0.29) is 5.91 Å². The molecule has 0 bridgehead atoms. The lowest BCUT2D eigenvalue weighted by atomic mass is 10.1. The van der Waals surface area contributed by atoms with E-state index in [1.54, 1.807) is 29.7 Å². The fourth-order valence-electron chi connectivity index (χ4n) is 1.93. The Morgan fingerprint density at radius 1 is 1.35 bits per heavy atom. The SMILES string of the molecule is Nc1ccc(NC(=O)c2csc(I)c2)c2cccnc12. The van der Waals surface area contributed by atoms with E-state index in [2.05, 4.69) is 32.9 Å².